The monoisotopic (exact) mass is 348 g/mol. The van der Waals surface area contributed by atoms with Crippen LogP contribution in [0.3, 0.4) is 0 Å². The van der Waals surface area contributed by atoms with Gasteiger partial charge in [-0.3, -0.25) is 4.79 Å². The largest absolute Gasteiger partial charge is 0.387 e. The molecule has 1 atom stereocenters. The molecule has 3 rings (SSSR count). The van der Waals surface area contributed by atoms with E-state index in [9.17, 15) is 4.79 Å². The Labute approximate surface area is 144 Å². The van der Waals surface area contributed by atoms with Gasteiger partial charge in [0.15, 0.2) is 0 Å². The number of carbonyl (C=O) groups excluding carboxylic acids is 1. The molecule has 0 saturated carbocycles. The number of nitrogens with one attached hydrogen (secondary N) is 1. The van der Waals surface area contributed by atoms with Crippen LogP contribution >= 0.6 is 11.3 Å². The summed E-state index contributed by atoms with van der Waals surface area (Å²) in [4.78, 5) is 22.4. The molecule has 128 valence electrons. The number of nitrogens with zero attached hydrogens (tertiary/aromatic N) is 5. The predicted octanol–water partition coefficient (Wildman–Crippen LogP) is 1.25. The summed E-state index contributed by atoms with van der Waals surface area (Å²) in [5.41, 5.74) is 0.856. The van der Waals surface area contributed by atoms with E-state index >= 15 is 0 Å². The maximum absolute atomic E-state index is 11.6. The zero-order valence-corrected chi connectivity index (χ0v) is 14.5. The molecule has 1 fully saturated rings. The molecule has 2 aromatic rings. The van der Waals surface area contributed by atoms with Gasteiger partial charge in [-0.25, -0.2) is 9.97 Å². The van der Waals surface area contributed by atoms with E-state index in [4.69, 9.17) is 5.11 Å². The second kappa shape index (κ2) is 7.18. The molecule has 1 aliphatic heterocycles. The normalized spacial score (nSPS) is 17.3. The van der Waals surface area contributed by atoms with Crippen molar-refractivity contribution in [2.75, 3.05) is 25.0 Å². The predicted molar refractivity (Wildman–Crippen MR) is 90.4 cm³/mol. The third-order valence-electron chi connectivity index (χ3n) is 3.92. The van der Waals surface area contributed by atoms with E-state index in [1.54, 1.807) is 4.90 Å². The molecular formula is C15H20N6O2S. The first-order valence-corrected chi connectivity index (χ1v) is 8.74. The quantitative estimate of drug-likeness (QED) is 0.838. The van der Waals surface area contributed by atoms with Crippen molar-refractivity contribution >= 4 is 28.2 Å². The van der Waals surface area contributed by atoms with Crippen LogP contribution in [0.15, 0.2) is 6.07 Å². The van der Waals surface area contributed by atoms with E-state index in [-0.39, 0.29) is 11.8 Å². The average molecular weight is 348 g/mol. The van der Waals surface area contributed by atoms with Crippen LogP contribution in [0.4, 0.5) is 10.9 Å². The number of aryl methyl sites for hydroxylation is 2. The van der Waals surface area contributed by atoms with Crippen molar-refractivity contribution in [2.24, 2.45) is 0 Å². The lowest BCUT2D eigenvalue weighted by Crippen LogP contribution is -2.30. The molecule has 2 aromatic heterocycles. The molecule has 8 nitrogen and oxygen atoms in total. The number of likely N-dealkylation sites (tertiary alicyclic amines) is 1. The minimum atomic E-state index is -0.453. The van der Waals surface area contributed by atoms with Crippen LogP contribution in [0, 0.1) is 6.92 Å². The lowest BCUT2D eigenvalue weighted by Gasteiger charge is -2.15. The fraction of sp³-hybridized carbons (Fsp3) is 0.533. The third kappa shape index (κ3) is 3.68. The summed E-state index contributed by atoms with van der Waals surface area (Å²) in [6, 6.07) is 1.86. The number of aliphatic hydroxyl groups excluding tert-OH is 1. The van der Waals surface area contributed by atoms with Gasteiger partial charge >= 0.3 is 0 Å². The van der Waals surface area contributed by atoms with E-state index in [0.717, 1.165) is 23.5 Å². The lowest BCUT2D eigenvalue weighted by molar-refractivity contribution is -0.133. The smallest absolute Gasteiger partial charge is 0.248 e. The summed E-state index contributed by atoms with van der Waals surface area (Å²) in [6.07, 6.45) is 1.65. The van der Waals surface area contributed by atoms with E-state index in [2.05, 4.69) is 25.5 Å². The Morgan fingerprint density at radius 1 is 1.46 bits per heavy atom. The zero-order valence-electron chi connectivity index (χ0n) is 13.7. The third-order valence-corrected chi connectivity index (χ3v) is 4.90. The number of rotatable bonds is 5. The van der Waals surface area contributed by atoms with Gasteiger partial charge in [-0.05, 0) is 19.8 Å². The molecule has 0 bridgehead atoms. The zero-order chi connectivity index (χ0) is 17.1. The maximum atomic E-state index is 11.6. The Kier molecular flexibility index (Phi) is 5.00. The van der Waals surface area contributed by atoms with Crippen molar-refractivity contribution in [2.45, 2.75) is 32.6 Å². The van der Waals surface area contributed by atoms with Crippen molar-refractivity contribution in [3.05, 3.63) is 22.6 Å². The van der Waals surface area contributed by atoms with Crippen molar-refractivity contribution in [1.82, 2.24) is 25.1 Å². The van der Waals surface area contributed by atoms with Crippen LogP contribution in [0.5, 0.6) is 0 Å². The first kappa shape index (κ1) is 16.7. The van der Waals surface area contributed by atoms with Crippen molar-refractivity contribution in [3.8, 4) is 0 Å². The van der Waals surface area contributed by atoms with Gasteiger partial charge in [0.1, 0.15) is 23.3 Å². The summed E-state index contributed by atoms with van der Waals surface area (Å²) < 4.78 is 0. The summed E-state index contributed by atoms with van der Waals surface area (Å²) in [7, 11) is 0. The summed E-state index contributed by atoms with van der Waals surface area (Å²) in [5.74, 6) is 1.24. The van der Waals surface area contributed by atoms with Gasteiger partial charge in [-0.15, -0.1) is 10.2 Å². The number of anilines is 2. The van der Waals surface area contributed by atoms with Crippen LogP contribution in [0.1, 0.15) is 35.8 Å². The van der Waals surface area contributed by atoms with Gasteiger partial charge in [0.2, 0.25) is 11.0 Å². The summed E-state index contributed by atoms with van der Waals surface area (Å²) in [5, 5.41) is 22.0. The first-order valence-electron chi connectivity index (χ1n) is 7.92. The minimum Gasteiger partial charge on any atom is -0.387 e. The average Bonchev–Trinajstić information content (AvgIpc) is 3.22. The van der Waals surface area contributed by atoms with Gasteiger partial charge in [0.05, 0.1) is 0 Å². The molecule has 0 spiro atoms. The molecule has 0 aliphatic carbocycles. The second-order valence-electron chi connectivity index (χ2n) is 5.72. The Hall–Kier alpha value is -2.13. The highest BCUT2D eigenvalue weighted by Gasteiger charge is 2.29. The van der Waals surface area contributed by atoms with E-state index in [1.807, 2.05) is 19.9 Å². The standard InChI is InChI=1S/C15H20N6O2S/c1-3-12-19-20-15(24-12)18-11-6-9(2)16-14(17-11)10-4-5-21(7-10)13(23)8-22/h6,10,22H,3-5,7-8H2,1-2H3,(H,16,17,18,20)/t10-/m0/s1. The van der Waals surface area contributed by atoms with Crippen molar-refractivity contribution < 1.29 is 9.90 Å². The first-order chi connectivity index (χ1) is 11.6. The van der Waals surface area contributed by atoms with E-state index in [0.29, 0.717) is 29.9 Å². The Bertz CT molecular complexity index is 735. The molecule has 0 radical (unpaired) electrons. The fourth-order valence-corrected chi connectivity index (χ4v) is 3.38. The molecule has 0 aromatic carbocycles. The highest BCUT2D eigenvalue weighted by Crippen LogP contribution is 2.27. The molecular weight excluding hydrogens is 328 g/mol. The number of carbonyl (C=O) groups is 1. The van der Waals surface area contributed by atoms with E-state index < -0.39 is 6.61 Å². The Morgan fingerprint density at radius 2 is 2.29 bits per heavy atom. The topological polar surface area (TPSA) is 104 Å². The van der Waals surface area contributed by atoms with Crippen molar-refractivity contribution in [3.63, 3.8) is 0 Å². The minimum absolute atomic E-state index is 0.0848. The van der Waals surface area contributed by atoms with Crippen LogP contribution < -0.4 is 5.32 Å². The Balaban J connectivity index is 1.75. The van der Waals surface area contributed by atoms with Crippen LogP contribution in [-0.2, 0) is 11.2 Å². The molecule has 1 amide bonds. The van der Waals surface area contributed by atoms with Gasteiger partial charge in [-0.2, -0.15) is 0 Å². The van der Waals surface area contributed by atoms with Crippen LogP contribution in [-0.4, -0.2) is 55.8 Å². The second-order valence-corrected chi connectivity index (χ2v) is 6.78. The lowest BCUT2D eigenvalue weighted by atomic mass is 10.1. The SMILES string of the molecule is CCc1nnc(Nc2cc(C)nc([C@H]3CCN(C(=O)CO)C3)n2)s1. The number of hydrogen-bond donors (Lipinski definition) is 2. The van der Waals surface area contributed by atoms with Gasteiger partial charge in [0.25, 0.3) is 0 Å². The molecule has 1 saturated heterocycles. The number of hydrogen-bond acceptors (Lipinski definition) is 8. The van der Waals surface area contributed by atoms with Crippen molar-refractivity contribution in [1.29, 1.82) is 0 Å². The number of aromatic nitrogens is 4. The van der Waals surface area contributed by atoms with E-state index in [1.165, 1.54) is 11.3 Å². The fourth-order valence-electron chi connectivity index (χ4n) is 2.69. The molecule has 0 unspecified atom stereocenters. The van der Waals surface area contributed by atoms with Gasteiger partial charge in [-0.1, -0.05) is 18.3 Å². The number of aliphatic hydroxyl groups is 1. The molecule has 9 heteroatoms. The van der Waals surface area contributed by atoms with Gasteiger partial charge < -0.3 is 15.3 Å². The highest BCUT2D eigenvalue weighted by atomic mass is 32.1. The molecule has 24 heavy (non-hydrogen) atoms. The number of amides is 1. The molecule has 3 heterocycles. The molecule has 2 N–H and O–H groups in total. The summed E-state index contributed by atoms with van der Waals surface area (Å²) in [6.45, 7) is 4.67. The van der Waals surface area contributed by atoms with Gasteiger partial charge in [0, 0.05) is 30.8 Å². The highest BCUT2D eigenvalue weighted by molar-refractivity contribution is 7.15. The Morgan fingerprint density at radius 3 is 3.00 bits per heavy atom. The van der Waals surface area contributed by atoms with Crippen LogP contribution in [0.25, 0.3) is 0 Å². The van der Waals surface area contributed by atoms with Crippen LogP contribution in [0.2, 0.25) is 0 Å². The summed E-state index contributed by atoms with van der Waals surface area (Å²) >= 11 is 1.50. The maximum Gasteiger partial charge on any atom is 0.248 e. The molecule has 1 aliphatic rings.